The van der Waals surface area contributed by atoms with Crippen molar-refractivity contribution in [3.63, 3.8) is 0 Å². The zero-order valence-electron chi connectivity index (χ0n) is 16.8. The van der Waals surface area contributed by atoms with Crippen LogP contribution in [0.25, 0.3) is 11.2 Å². The smallest absolute Gasteiger partial charge is 0.326 e. The fourth-order valence-electron chi connectivity index (χ4n) is 2.82. The van der Waals surface area contributed by atoms with Gasteiger partial charge in [-0.2, -0.15) is 4.98 Å². The van der Waals surface area contributed by atoms with Crippen LogP contribution >= 0.6 is 0 Å². The van der Waals surface area contributed by atoms with E-state index >= 15 is 0 Å². The second-order valence-corrected chi connectivity index (χ2v) is 6.75. The van der Waals surface area contributed by atoms with Gasteiger partial charge in [-0.1, -0.05) is 0 Å². The lowest BCUT2D eigenvalue weighted by Crippen LogP contribution is -2.41. The number of aliphatic carboxylic acids is 2. The molecule has 6 N–H and O–H groups in total. The standard InChI is InChI=1S/C19H19N7O6/c1-26(12-8-21-15-14(23-12)17(30)25-19(20)24-15)10-4-2-9(3-5-10)16(29)22-11(18(31)32)6-7-13(27)28/h2-5,8,11H,6-7H2,1H3,(H,22,29)(H,27,28)(H,31,32)(H3,20,21,24,25,30). The number of hydrogen-bond donors (Lipinski definition) is 5. The zero-order chi connectivity index (χ0) is 23.4. The molecule has 3 aromatic rings. The Morgan fingerprint density at radius 3 is 2.50 bits per heavy atom. The van der Waals surface area contributed by atoms with Crippen molar-refractivity contribution in [2.45, 2.75) is 18.9 Å². The highest BCUT2D eigenvalue weighted by atomic mass is 16.4. The zero-order valence-corrected chi connectivity index (χ0v) is 16.8. The number of carboxylic acids is 2. The molecule has 0 radical (unpaired) electrons. The summed E-state index contributed by atoms with van der Waals surface area (Å²) in [5.41, 5.74) is 5.87. The lowest BCUT2D eigenvalue weighted by molar-refractivity contribution is -0.140. The van der Waals surface area contributed by atoms with Crippen LogP contribution in [0.3, 0.4) is 0 Å². The Morgan fingerprint density at radius 2 is 1.88 bits per heavy atom. The second kappa shape index (κ2) is 9.07. The van der Waals surface area contributed by atoms with Gasteiger partial charge in [0.15, 0.2) is 17.0 Å². The molecule has 2 aromatic heterocycles. The van der Waals surface area contributed by atoms with E-state index in [-0.39, 0.29) is 29.1 Å². The lowest BCUT2D eigenvalue weighted by Gasteiger charge is -2.19. The van der Waals surface area contributed by atoms with Crippen molar-refractivity contribution in [3.05, 3.63) is 46.4 Å². The van der Waals surface area contributed by atoms with Gasteiger partial charge in [0.25, 0.3) is 11.5 Å². The number of carboxylic acid groups (broad SMARTS) is 2. The number of aromatic amines is 1. The van der Waals surface area contributed by atoms with Gasteiger partial charge in [-0.05, 0) is 30.7 Å². The number of H-pyrrole nitrogens is 1. The van der Waals surface area contributed by atoms with Crippen molar-refractivity contribution in [1.82, 2.24) is 25.3 Å². The number of anilines is 3. The molecule has 1 unspecified atom stereocenters. The van der Waals surface area contributed by atoms with Crippen molar-refractivity contribution < 1.29 is 24.6 Å². The van der Waals surface area contributed by atoms with Crippen LogP contribution in [0.2, 0.25) is 0 Å². The summed E-state index contributed by atoms with van der Waals surface area (Å²) in [4.78, 5) is 62.5. The third-order valence-corrected chi connectivity index (χ3v) is 4.53. The number of carbonyl (C=O) groups is 3. The molecule has 32 heavy (non-hydrogen) atoms. The van der Waals surface area contributed by atoms with Crippen LogP contribution in [-0.4, -0.2) is 61.1 Å². The van der Waals surface area contributed by atoms with E-state index in [4.69, 9.17) is 10.8 Å². The summed E-state index contributed by atoms with van der Waals surface area (Å²) >= 11 is 0. The Bertz CT molecular complexity index is 1240. The molecule has 0 aliphatic rings. The summed E-state index contributed by atoms with van der Waals surface area (Å²) in [5, 5.41) is 20.2. The maximum absolute atomic E-state index is 12.4. The third kappa shape index (κ3) is 4.95. The quantitative estimate of drug-likeness (QED) is 0.317. The number of benzene rings is 1. The summed E-state index contributed by atoms with van der Waals surface area (Å²) in [7, 11) is 1.68. The summed E-state index contributed by atoms with van der Waals surface area (Å²) in [6.07, 6.45) is 0.783. The highest BCUT2D eigenvalue weighted by molar-refractivity contribution is 5.97. The van der Waals surface area contributed by atoms with E-state index in [1.807, 2.05) is 0 Å². The number of aromatic nitrogens is 4. The maximum atomic E-state index is 12.4. The maximum Gasteiger partial charge on any atom is 0.326 e. The number of carbonyl (C=O) groups excluding carboxylic acids is 1. The number of nitrogen functional groups attached to an aromatic ring is 1. The molecule has 3 rings (SSSR count). The Hall–Kier alpha value is -4.55. The van der Waals surface area contributed by atoms with Crippen molar-refractivity contribution in [2.24, 2.45) is 0 Å². The first-order valence-corrected chi connectivity index (χ1v) is 9.27. The molecular weight excluding hydrogens is 422 g/mol. The molecule has 0 spiro atoms. The van der Waals surface area contributed by atoms with E-state index in [1.165, 1.54) is 18.3 Å². The predicted octanol–water partition coefficient (Wildman–Crippen LogP) is 0.111. The summed E-state index contributed by atoms with van der Waals surface area (Å²) in [6.45, 7) is 0. The fraction of sp³-hybridized carbons (Fsp3) is 0.211. The van der Waals surface area contributed by atoms with Gasteiger partial charge < -0.3 is 26.2 Å². The molecule has 2 heterocycles. The summed E-state index contributed by atoms with van der Waals surface area (Å²) < 4.78 is 0. The molecule has 0 saturated carbocycles. The number of nitrogens with zero attached hydrogens (tertiary/aromatic N) is 4. The van der Waals surface area contributed by atoms with E-state index in [0.717, 1.165) is 0 Å². The van der Waals surface area contributed by atoms with Gasteiger partial charge in [0.1, 0.15) is 6.04 Å². The minimum Gasteiger partial charge on any atom is -0.481 e. The highest BCUT2D eigenvalue weighted by Gasteiger charge is 2.21. The van der Waals surface area contributed by atoms with Crippen molar-refractivity contribution >= 4 is 46.5 Å². The van der Waals surface area contributed by atoms with E-state index in [1.54, 1.807) is 24.1 Å². The van der Waals surface area contributed by atoms with Gasteiger partial charge in [0.05, 0.1) is 6.20 Å². The van der Waals surface area contributed by atoms with Crippen LogP contribution in [0.5, 0.6) is 0 Å². The molecule has 0 aliphatic carbocycles. The van der Waals surface area contributed by atoms with Crippen molar-refractivity contribution in [3.8, 4) is 0 Å². The number of amides is 1. The monoisotopic (exact) mass is 441 g/mol. The second-order valence-electron chi connectivity index (χ2n) is 6.75. The molecular formula is C19H19N7O6. The molecule has 13 heteroatoms. The van der Waals surface area contributed by atoms with Gasteiger partial charge >= 0.3 is 11.9 Å². The van der Waals surface area contributed by atoms with Gasteiger partial charge in [0.2, 0.25) is 5.95 Å². The first kappa shape index (κ1) is 22.1. The Kier molecular flexibility index (Phi) is 6.28. The van der Waals surface area contributed by atoms with Gasteiger partial charge in [-0.15, -0.1) is 0 Å². The van der Waals surface area contributed by atoms with E-state index in [9.17, 15) is 24.3 Å². The average Bonchev–Trinajstić information content (AvgIpc) is 2.75. The minimum absolute atomic E-state index is 0.0145. The number of nitrogens with two attached hydrogens (primary N) is 1. The van der Waals surface area contributed by atoms with Crippen LogP contribution in [-0.2, 0) is 9.59 Å². The molecule has 0 aliphatic heterocycles. The van der Waals surface area contributed by atoms with Crippen LogP contribution in [0.15, 0.2) is 35.3 Å². The largest absolute Gasteiger partial charge is 0.481 e. The first-order valence-electron chi connectivity index (χ1n) is 9.27. The predicted molar refractivity (Wildman–Crippen MR) is 113 cm³/mol. The van der Waals surface area contributed by atoms with Gasteiger partial charge in [-0.25, -0.2) is 14.8 Å². The normalized spacial score (nSPS) is 11.7. The van der Waals surface area contributed by atoms with Crippen molar-refractivity contribution in [2.75, 3.05) is 17.7 Å². The third-order valence-electron chi connectivity index (χ3n) is 4.53. The number of nitrogens with one attached hydrogen (secondary N) is 2. The summed E-state index contributed by atoms with van der Waals surface area (Å²) in [5.74, 6) is -2.86. The first-order chi connectivity index (χ1) is 15.2. The molecule has 0 saturated heterocycles. The van der Waals surface area contributed by atoms with Gasteiger partial charge in [0, 0.05) is 24.7 Å². The van der Waals surface area contributed by atoms with Crippen molar-refractivity contribution in [1.29, 1.82) is 0 Å². The molecule has 0 bridgehead atoms. The van der Waals surface area contributed by atoms with E-state index in [0.29, 0.717) is 11.5 Å². The van der Waals surface area contributed by atoms with Crippen LogP contribution in [0, 0.1) is 0 Å². The Balaban J connectivity index is 1.76. The molecule has 1 amide bonds. The lowest BCUT2D eigenvalue weighted by atomic mass is 10.1. The van der Waals surface area contributed by atoms with E-state index in [2.05, 4.69) is 25.3 Å². The molecule has 166 valence electrons. The average molecular weight is 441 g/mol. The van der Waals surface area contributed by atoms with Crippen LogP contribution < -0.4 is 21.5 Å². The van der Waals surface area contributed by atoms with Crippen LogP contribution in [0.1, 0.15) is 23.2 Å². The molecule has 0 fully saturated rings. The molecule has 13 nitrogen and oxygen atoms in total. The summed E-state index contributed by atoms with van der Waals surface area (Å²) in [6, 6.07) is 4.81. The Morgan fingerprint density at radius 1 is 1.19 bits per heavy atom. The highest BCUT2D eigenvalue weighted by Crippen LogP contribution is 2.22. The molecule has 1 aromatic carbocycles. The van der Waals surface area contributed by atoms with Gasteiger partial charge in [-0.3, -0.25) is 19.4 Å². The SMILES string of the molecule is CN(c1ccc(C(=O)NC(CCC(=O)O)C(=O)O)cc1)c1cnc2nc(N)[nH]c(=O)c2n1. The number of rotatable bonds is 8. The fourth-order valence-corrected chi connectivity index (χ4v) is 2.82. The topological polar surface area (TPSA) is 204 Å². The number of hydrogen-bond acceptors (Lipinski definition) is 9. The number of fused-ring (bicyclic) bond motifs is 1. The molecule has 1 atom stereocenters. The van der Waals surface area contributed by atoms with E-state index < -0.39 is 35.9 Å². The Labute approximate surface area is 179 Å². The minimum atomic E-state index is -1.32. The van der Waals surface area contributed by atoms with Crippen LogP contribution in [0.4, 0.5) is 17.5 Å².